The summed E-state index contributed by atoms with van der Waals surface area (Å²) in [6.45, 7) is 3.81. The number of aromatic nitrogens is 4. The first-order valence-electron chi connectivity index (χ1n) is 8.39. The van der Waals surface area contributed by atoms with E-state index in [1.807, 2.05) is 37.3 Å². The van der Waals surface area contributed by atoms with Gasteiger partial charge < -0.3 is 16.0 Å². The van der Waals surface area contributed by atoms with E-state index in [9.17, 15) is 4.79 Å². The zero-order valence-electron chi connectivity index (χ0n) is 14.6. The van der Waals surface area contributed by atoms with Gasteiger partial charge in [-0.3, -0.25) is 4.79 Å². The van der Waals surface area contributed by atoms with Gasteiger partial charge in [-0.25, -0.2) is 0 Å². The summed E-state index contributed by atoms with van der Waals surface area (Å²) in [5, 5.41) is 21.3. The number of nitrogens with one attached hydrogen (secondary N) is 3. The Morgan fingerprint density at radius 2 is 2.12 bits per heavy atom. The number of benzene rings is 1. The quantitative estimate of drug-likeness (QED) is 0.679. The highest BCUT2D eigenvalue weighted by atomic mass is 35.5. The zero-order chi connectivity index (χ0) is 16.8. The van der Waals surface area contributed by atoms with Crippen LogP contribution in [0.2, 0.25) is 0 Å². The minimum Gasteiger partial charge on any atom is -0.350 e. The molecular formula is C16H25Cl2N7O. The highest BCUT2D eigenvalue weighted by Crippen LogP contribution is 2.13. The highest BCUT2D eigenvalue weighted by Gasteiger charge is 2.23. The van der Waals surface area contributed by atoms with Crippen LogP contribution < -0.4 is 16.0 Å². The fourth-order valence-corrected chi connectivity index (χ4v) is 2.81. The Morgan fingerprint density at radius 1 is 1.35 bits per heavy atom. The molecule has 2 atom stereocenters. The second-order valence-corrected chi connectivity index (χ2v) is 5.91. The van der Waals surface area contributed by atoms with Gasteiger partial charge in [0.1, 0.15) is 6.04 Å². The number of carbonyl (C=O) groups excluding carboxylic acids is 1. The number of tetrazole rings is 1. The normalized spacial score (nSPS) is 17.3. The molecule has 1 aromatic carbocycles. The number of nitrogens with zero attached hydrogens (tertiary/aromatic N) is 4. The van der Waals surface area contributed by atoms with Gasteiger partial charge in [0.25, 0.3) is 0 Å². The van der Waals surface area contributed by atoms with Gasteiger partial charge in [0, 0.05) is 12.6 Å². The molecule has 26 heavy (non-hydrogen) atoms. The van der Waals surface area contributed by atoms with E-state index in [-0.39, 0.29) is 42.8 Å². The van der Waals surface area contributed by atoms with Crippen LogP contribution in [0.15, 0.2) is 30.3 Å². The van der Waals surface area contributed by atoms with E-state index in [4.69, 9.17) is 0 Å². The van der Waals surface area contributed by atoms with Crippen LogP contribution in [0.25, 0.3) is 5.69 Å². The molecule has 3 N–H and O–H groups in total. The van der Waals surface area contributed by atoms with Gasteiger partial charge in [-0.1, -0.05) is 30.2 Å². The lowest BCUT2D eigenvalue weighted by Crippen LogP contribution is -2.50. The number of halogens is 2. The topological polar surface area (TPSA) is 96.8 Å². The molecule has 0 bridgehead atoms. The summed E-state index contributed by atoms with van der Waals surface area (Å²) in [5.74, 6) is 0.443. The Morgan fingerprint density at radius 3 is 2.77 bits per heavy atom. The number of hydrogen-bond acceptors (Lipinski definition) is 6. The first kappa shape index (κ1) is 22.1. The van der Waals surface area contributed by atoms with Gasteiger partial charge in [0.2, 0.25) is 11.9 Å². The molecule has 1 aliphatic rings. The van der Waals surface area contributed by atoms with E-state index in [0.29, 0.717) is 12.4 Å². The first-order chi connectivity index (χ1) is 11.8. The number of piperidine rings is 1. The summed E-state index contributed by atoms with van der Waals surface area (Å²) in [7, 11) is 0. The molecule has 1 aromatic heterocycles. The van der Waals surface area contributed by atoms with Crippen molar-refractivity contribution in [2.24, 2.45) is 0 Å². The number of rotatable bonds is 6. The van der Waals surface area contributed by atoms with Crippen LogP contribution >= 0.6 is 24.8 Å². The summed E-state index contributed by atoms with van der Waals surface area (Å²) in [5.41, 5.74) is 0.844. The van der Waals surface area contributed by atoms with Crippen molar-refractivity contribution >= 4 is 36.7 Å². The molecule has 10 heteroatoms. The monoisotopic (exact) mass is 401 g/mol. The molecule has 0 radical (unpaired) electrons. The van der Waals surface area contributed by atoms with Gasteiger partial charge in [0.15, 0.2) is 0 Å². The molecular weight excluding hydrogens is 377 g/mol. The van der Waals surface area contributed by atoms with Crippen LogP contribution in [0.5, 0.6) is 0 Å². The number of para-hydroxylation sites is 1. The molecule has 0 spiro atoms. The predicted octanol–water partition coefficient (Wildman–Crippen LogP) is 1.56. The van der Waals surface area contributed by atoms with E-state index in [0.717, 1.165) is 31.6 Å². The van der Waals surface area contributed by atoms with Gasteiger partial charge in [-0.05, 0) is 48.4 Å². The average Bonchev–Trinajstić information content (AvgIpc) is 3.09. The second kappa shape index (κ2) is 10.9. The zero-order valence-corrected chi connectivity index (χ0v) is 16.2. The van der Waals surface area contributed by atoms with E-state index >= 15 is 0 Å². The standard InChI is InChI=1S/C16H23N7O.2ClH/c1-2-14(15(24)18-12-7-6-10-17-11-12)19-16-20-21-22-23(16)13-8-4-3-5-9-13;;/h3-5,8-9,12,14,17H,2,6-7,10-11H2,1H3,(H,18,24)(H,19,20,22);2*1H/t12-,14?;;/m0../s1. The molecule has 0 aliphatic carbocycles. The van der Waals surface area contributed by atoms with Gasteiger partial charge in [-0.2, -0.15) is 4.68 Å². The Hall–Kier alpha value is -1.90. The Kier molecular flexibility index (Phi) is 9.32. The summed E-state index contributed by atoms with van der Waals surface area (Å²) in [6.07, 6.45) is 2.74. The van der Waals surface area contributed by atoms with Crippen LogP contribution in [0.1, 0.15) is 26.2 Å². The van der Waals surface area contributed by atoms with Crippen LogP contribution in [0, 0.1) is 0 Å². The molecule has 2 aromatic rings. The third kappa shape index (κ3) is 5.55. The van der Waals surface area contributed by atoms with Gasteiger partial charge in [-0.15, -0.1) is 24.8 Å². The maximum absolute atomic E-state index is 12.5. The molecule has 8 nitrogen and oxygen atoms in total. The SMILES string of the molecule is CCC(Nc1nnnn1-c1ccccc1)C(=O)N[C@H]1CCCNC1.Cl.Cl. The van der Waals surface area contributed by atoms with Crippen molar-refractivity contribution in [1.29, 1.82) is 0 Å². The van der Waals surface area contributed by atoms with Crippen LogP contribution in [-0.4, -0.2) is 51.3 Å². The lowest BCUT2D eigenvalue weighted by Gasteiger charge is -2.26. The lowest BCUT2D eigenvalue weighted by atomic mass is 10.1. The molecule has 1 amide bonds. The van der Waals surface area contributed by atoms with Crippen molar-refractivity contribution in [1.82, 2.24) is 30.8 Å². The smallest absolute Gasteiger partial charge is 0.248 e. The number of anilines is 1. The van der Waals surface area contributed by atoms with E-state index < -0.39 is 0 Å². The summed E-state index contributed by atoms with van der Waals surface area (Å²) >= 11 is 0. The van der Waals surface area contributed by atoms with E-state index in [2.05, 4.69) is 31.5 Å². The Labute approximate surface area is 165 Å². The van der Waals surface area contributed by atoms with Crippen LogP contribution in [-0.2, 0) is 4.79 Å². The molecule has 1 saturated heterocycles. The van der Waals surface area contributed by atoms with Crippen LogP contribution in [0.4, 0.5) is 5.95 Å². The lowest BCUT2D eigenvalue weighted by molar-refractivity contribution is -0.122. The molecule has 144 valence electrons. The summed E-state index contributed by atoms with van der Waals surface area (Å²) in [6, 6.07) is 9.41. The van der Waals surface area contributed by atoms with Gasteiger partial charge in [0.05, 0.1) is 5.69 Å². The van der Waals surface area contributed by atoms with E-state index in [1.54, 1.807) is 4.68 Å². The van der Waals surface area contributed by atoms with Crippen molar-refractivity contribution in [3.05, 3.63) is 30.3 Å². The predicted molar refractivity (Wildman–Crippen MR) is 105 cm³/mol. The third-order valence-corrected chi connectivity index (χ3v) is 4.14. The summed E-state index contributed by atoms with van der Waals surface area (Å²) < 4.78 is 1.60. The fourth-order valence-electron chi connectivity index (χ4n) is 2.81. The maximum atomic E-state index is 12.5. The molecule has 0 saturated carbocycles. The van der Waals surface area contributed by atoms with Crippen molar-refractivity contribution in [2.75, 3.05) is 18.4 Å². The first-order valence-corrected chi connectivity index (χ1v) is 8.39. The van der Waals surface area contributed by atoms with Gasteiger partial charge >= 0.3 is 0 Å². The van der Waals surface area contributed by atoms with Crippen molar-refractivity contribution in [2.45, 2.75) is 38.3 Å². The third-order valence-electron chi connectivity index (χ3n) is 4.14. The van der Waals surface area contributed by atoms with Crippen molar-refractivity contribution in [3.8, 4) is 5.69 Å². The van der Waals surface area contributed by atoms with E-state index in [1.165, 1.54) is 0 Å². The number of hydrogen-bond donors (Lipinski definition) is 3. The Balaban J connectivity index is 0.00000169. The largest absolute Gasteiger partial charge is 0.350 e. The maximum Gasteiger partial charge on any atom is 0.248 e. The average molecular weight is 402 g/mol. The minimum absolute atomic E-state index is 0. The Bertz CT molecular complexity index is 662. The number of amides is 1. The molecule has 1 fully saturated rings. The number of carbonyl (C=O) groups is 1. The van der Waals surface area contributed by atoms with Crippen molar-refractivity contribution < 1.29 is 4.79 Å². The second-order valence-electron chi connectivity index (χ2n) is 5.91. The molecule has 2 heterocycles. The van der Waals surface area contributed by atoms with Crippen LogP contribution in [0.3, 0.4) is 0 Å². The molecule has 1 unspecified atom stereocenters. The fraction of sp³-hybridized carbons (Fsp3) is 0.500. The highest BCUT2D eigenvalue weighted by molar-refractivity contribution is 5.85. The molecule has 1 aliphatic heterocycles. The molecule has 3 rings (SSSR count). The minimum atomic E-state index is -0.375. The summed E-state index contributed by atoms with van der Waals surface area (Å²) in [4.78, 5) is 12.5. The van der Waals surface area contributed by atoms with Crippen molar-refractivity contribution in [3.63, 3.8) is 0 Å².